The first-order chi connectivity index (χ1) is 6.33. The van der Waals surface area contributed by atoms with Crippen LogP contribution in [-0.4, -0.2) is 38.6 Å². The molecular weight excluding hydrogens is 168 g/mol. The summed E-state index contributed by atoms with van der Waals surface area (Å²) in [6, 6.07) is 0. The smallest absolute Gasteiger partial charge is 0.0544 e. The lowest BCUT2D eigenvalue weighted by Crippen LogP contribution is -2.17. The topological polar surface area (TPSA) is 38.7 Å². The summed E-state index contributed by atoms with van der Waals surface area (Å²) in [6.07, 6.45) is 2.57. The summed E-state index contributed by atoms with van der Waals surface area (Å²) in [5.74, 6) is 0. The molecule has 0 unspecified atom stereocenters. The van der Waals surface area contributed by atoms with Crippen molar-refractivity contribution in [2.75, 3.05) is 33.5 Å². The molecule has 0 amide bonds. The van der Waals surface area contributed by atoms with Crippen molar-refractivity contribution in [3.05, 3.63) is 0 Å². The first-order valence-electron chi connectivity index (χ1n) is 4.93. The predicted octanol–water partition coefficient (Wildman–Crippen LogP) is 1.45. The highest BCUT2D eigenvalue weighted by atomic mass is 16.5. The van der Waals surface area contributed by atoms with Crippen molar-refractivity contribution >= 4 is 0 Å². The molecule has 1 aliphatic carbocycles. The maximum absolute atomic E-state index is 7.00. The summed E-state index contributed by atoms with van der Waals surface area (Å²) in [7, 11) is 1.00. The fourth-order valence-corrected chi connectivity index (χ4v) is 1.14. The van der Waals surface area contributed by atoms with Gasteiger partial charge in [-0.25, -0.2) is 0 Å². The zero-order valence-electron chi connectivity index (χ0n) is 9.01. The molecule has 3 nitrogen and oxygen atoms in total. The number of ether oxygens (including phenoxy) is 2. The maximum Gasteiger partial charge on any atom is 0.0544 e. The highest BCUT2D eigenvalue weighted by molar-refractivity contribution is 4.92. The molecule has 80 valence electrons. The highest BCUT2D eigenvalue weighted by Crippen LogP contribution is 2.45. The summed E-state index contributed by atoms with van der Waals surface area (Å²) in [4.78, 5) is 0. The molecule has 0 heterocycles. The molecule has 0 aromatic carbocycles. The van der Waals surface area contributed by atoms with E-state index in [1.807, 2.05) is 13.8 Å². The Balaban J connectivity index is 0.000000671. The van der Waals surface area contributed by atoms with Crippen molar-refractivity contribution in [3.63, 3.8) is 0 Å². The lowest BCUT2D eigenvalue weighted by molar-refractivity contribution is 0.0360. The van der Waals surface area contributed by atoms with E-state index in [9.17, 15) is 0 Å². The Morgan fingerprint density at radius 2 is 1.38 bits per heavy atom. The zero-order valence-corrected chi connectivity index (χ0v) is 9.01. The fraction of sp³-hybridized carbons (Fsp3) is 1.00. The first-order valence-corrected chi connectivity index (χ1v) is 4.93. The van der Waals surface area contributed by atoms with E-state index >= 15 is 0 Å². The van der Waals surface area contributed by atoms with Crippen LogP contribution >= 0.6 is 0 Å². The van der Waals surface area contributed by atoms with Crippen LogP contribution in [0, 0.1) is 5.41 Å². The first kappa shape index (κ1) is 12.9. The van der Waals surface area contributed by atoms with E-state index in [1.54, 1.807) is 0 Å². The molecule has 0 aliphatic heterocycles. The minimum Gasteiger partial charge on any atom is -0.400 e. The molecule has 13 heavy (non-hydrogen) atoms. The summed E-state index contributed by atoms with van der Waals surface area (Å²) in [6.45, 7) is 7.52. The van der Waals surface area contributed by atoms with Gasteiger partial charge in [0.15, 0.2) is 0 Å². The van der Waals surface area contributed by atoms with Crippen LogP contribution in [-0.2, 0) is 9.47 Å². The Labute approximate surface area is 81.0 Å². The van der Waals surface area contributed by atoms with Crippen LogP contribution in [0.1, 0.15) is 26.7 Å². The summed E-state index contributed by atoms with van der Waals surface area (Å²) in [5.41, 5.74) is 0.409. The Morgan fingerprint density at radius 1 is 1.00 bits per heavy atom. The molecule has 0 saturated heterocycles. The largest absolute Gasteiger partial charge is 0.400 e. The molecule has 1 saturated carbocycles. The van der Waals surface area contributed by atoms with Gasteiger partial charge in [-0.2, -0.15) is 0 Å². The second-order valence-electron chi connectivity index (χ2n) is 3.27. The second kappa shape index (κ2) is 7.30. The van der Waals surface area contributed by atoms with E-state index in [0.717, 1.165) is 33.5 Å². The van der Waals surface area contributed by atoms with Crippen LogP contribution in [0.3, 0.4) is 0 Å². The molecule has 0 spiro atoms. The minimum absolute atomic E-state index is 0.409. The molecule has 0 atom stereocenters. The van der Waals surface area contributed by atoms with E-state index < -0.39 is 0 Å². The van der Waals surface area contributed by atoms with Crippen LogP contribution in [0.4, 0.5) is 0 Å². The van der Waals surface area contributed by atoms with Gasteiger partial charge in [-0.3, -0.25) is 0 Å². The summed E-state index contributed by atoms with van der Waals surface area (Å²) >= 11 is 0. The van der Waals surface area contributed by atoms with E-state index in [1.165, 1.54) is 12.8 Å². The van der Waals surface area contributed by atoms with Gasteiger partial charge in [0.25, 0.3) is 0 Å². The van der Waals surface area contributed by atoms with Crippen molar-refractivity contribution in [2.24, 2.45) is 5.41 Å². The third-order valence-corrected chi connectivity index (χ3v) is 2.18. The summed E-state index contributed by atoms with van der Waals surface area (Å²) < 4.78 is 10.8. The van der Waals surface area contributed by atoms with Crippen molar-refractivity contribution in [2.45, 2.75) is 26.7 Å². The van der Waals surface area contributed by atoms with Crippen LogP contribution in [0.2, 0.25) is 0 Å². The number of hydrogen-bond donors (Lipinski definition) is 1. The van der Waals surface area contributed by atoms with Crippen molar-refractivity contribution in [1.29, 1.82) is 0 Å². The third-order valence-electron chi connectivity index (χ3n) is 2.18. The van der Waals surface area contributed by atoms with Crippen LogP contribution in [0.25, 0.3) is 0 Å². The number of aliphatic hydroxyl groups excluding tert-OH is 1. The zero-order chi connectivity index (χ0) is 10.2. The molecular formula is C10H22O3. The predicted molar refractivity (Wildman–Crippen MR) is 52.8 cm³/mol. The minimum atomic E-state index is 0.409. The van der Waals surface area contributed by atoms with Gasteiger partial charge in [-0.15, -0.1) is 0 Å². The Hall–Kier alpha value is -0.120. The molecule has 1 rings (SSSR count). The lowest BCUT2D eigenvalue weighted by Gasteiger charge is -2.13. The molecule has 0 aromatic rings. The van der Waals surface area contributed by atoms with Gasteiger partial charge in [0, 0.05) is 25.7 Å². The average molecular weight is 190 g/mol. The van der Waals surface area contributed by atoms with Gasteiger partial charge in [0.05, 0.1) is 13.2 Å². The van der Waals surface area contributed by atoms with Gasteiger partial charge in [0.1, 0.15) is 0 Å². The monoisotopic (exact) mass is 190 g/mol. The van der Waals surface area contributed by atoms with Gasteiger partial charge in [0.2, 0.25) is 0 Å². The van der Waals surface area contributed by atoms with Crippen LogP contribution in [0.15, 0.2) is 0 Å². The second-order valence-corrected chi connectivity index (χ2v) is 3.27. The standard InChI is InChI=1S/C9H18O2.CH4O/c1-3-10-7-9(5-6-9)8-11-4-2;1-2/h3-8H2,1-2H3;2H,1H3. The molecule has 0 bridgehead atoms. The highest BCUT2D eigenvalue weighted by Gasteiger charge is 2.42. The number of rotatable bonds is 6. The van der Waals surface area contributed by atoms with Crippen LogP contribution in [0.5, 0.6) is 0 Å². The summed E-state index contributed by atoms with van der Waals surface area (Å²) in [5, 5.41) is 7.00. The van der Waals surface area contributed by atoms with Gasteiger partial charge in [-0.1, -0.05) is 0 Å². The molecule has 0 aromatic heterocycles. The number of hydrogen-bond acceptors (Lipinski definition) is 3. The third kappa shape index (κ3) is 5.24. The van der Waals surface area contributed by atoms with Crippen LogP contribution < -0.4 is 0 Å². The van der Waals surface area contributed by atoms with Gasteiger partial charge >= 0.3 is 0 Å². The molecule has 0 radical (unpaired) electrons. The van der Waals surface area contributed by atoms with E-state index in [2.05, 4.69) is 0 Å². The Morgan fingerprint density at radius 3 is 1.62 bits per heavy atom. The SMILES string of the molecule is CCOCC1(COCC)CC1.CO. The van der Waals surface area contributed by atoms with Crippen molar-refractivity contribution in [1.82, 2.24) is 0 Å². The Bertz CT molecular complexity index is 101. The van der Waals surface area contributed by atoms with Crippen molar-refractivity contribution < 1.29 is 14.6 Å². The fourth-order valence-electron chi connectivity index (χ4n) is 1.14. The maximum atomic E-state index is 7.00. The Kier molecular flexibility index (Phi) is 7.23. The molecule has 1 N–H and O–H groups in total. The normalized spacial score (nSPS) is 17.5. The van der Waals surface area contributed by atoms with E-state index in [0.29, 0.717) is 5.41 Å². The molecule has 1 fully saturated rings. The van der Waals surface area contributed by atoms with Gasteiger partial charge < -0.3 is 14.6 Å². The van der Waals surface area contributed by atoms with E-state index in [-0.39, 0.29) is 0 Å². The number of aliphatic hydroxyl groups is 1. The van der Waals surface area contributed by atoms with Gasteiger partial charge in [-0.05, 0) is 26.7 Å². The molecule has 3 heteroatoms. The molecule has 1 aliphatic rings. The van der Waals surface area contributed by atoms with Crippen molar-refractivity contribution in [3.8, 4) is 0 Å². The lowest BCUT2D eigenvalue weighted by atomic mass is 10.1. The quantitative estimate of drug-likeness (QED) is 0.689. The average Bonchev–Trinajstić information content (AvgIpc) is 2.96. The van der Waals surface area contributed by atoms with E-state index in [4.69, 9.17) is 14.6 Å².